The summed E-state index contributed by atoms with van der Waals surface area (Å²) in [7, 11) is 3.43. The number of alkyl halides is 1. The topological polar surface area (TPSA) is 249 Å². The van der Waals surface area contributed by atoms with E-state index in [4.69, 9.17) is 50.6 Å². The maximum Gasteiger partial charge on any atom is 0.228 e. The Morgan fingerprint density at radius 2 is 1.06 bits per heavy atom. The summed E-state index contributed by atoms with van der Waals surface area (Å²) >= 11 is 3.18. The number of ether oxygens (including phenoxy) is 4. The average molecular weight is 996 g/mol. The lowest BCUT2D eigenvalue weighted by Gasteiger charge is -2.32. The molecule has 356 valence electrons. The standard InChI is InChI=1S/C21H29N9O2.C18H23N9O.C3H7BrO.ClH/c1-31-9-6-28-4-2-16(3-5-28)30-14-25-18-17(15-12-23-20(22)24-13-15)26-21(27-19(18)30)29-7-10-32-11-8-29;19-17-21-9-12(10-22-17)14-15-16(25-18(24-14)26-5-7-28-8-6-26)27(11-23-15)13-1-3-20-4-2-13;1-5-3-2-4;/h12-14,16H,2-11H2,1H3,(H2,22,23,24);9-11,13,20H,1-8H2,(H2,19,21,22);2-3H2,1H3;1H. The zero-order valence-electron chi connectivity index (χ0n) is 37.5. The van der Waals surface area contributed by atoms with Crippen molar-refractivity contribution >= 4 is 74.5 Å². The van der Waals surface area contributed by atoms with Crippen LogP contribution in [0.4, 0.5) is 23.8 Å². The molecule has 4 saturated heterocycles. The van der Waals surface area contributed by atoms with Crippen molar-refractivity contribution in [3.05, 3.63) is 37.4 Å². The van der Waals surface area contributed by atoms with E-state index in [1.54, 1.807) is 39.0 Å². The Balaban J connectivity index is 0.000000177. The first-order valence-electron chi connectivity index (χ1n) is 22.2. The molecule has 66 heavy (non-hydrogen) atoms. The Morgan fingerprint density at radius 1 is 0.621 bits per heavy atom. The Bertz CT molecular complexity index is 2400. The molecule has 10 heterocycles. The van der Waals surface area contributed by atoms with Crippen LogP contribution >= 0.6 is 28.3 Å². The number of methoxy groups -OCH3 is 2. The van der Waals surface area contributed by atoms with Gasteiger partial charge in [-0.1, -0.05) is 15.9 Å². The molecule has 6 aromatic heterocycles. The number of nitrogens with two attached hydrogens (primary N) is 2. The smallest absolute Gasteiger partial charge is 0.228 e. The van der Waals surface area contributed by atoms with Crippen LogP contribution in [0.5, 0.6) is 0 Å². The molecule has 0 bridgehead atoms. The molecule has 4 fully saturated rings. The molecule has 5 N–H and O–H groups in total. The molecule has 24 heteroatoms. The van der Waals surface area contributed by atoms with Gasteiger partial charge in [0.25, 0.3) is 0 Å². The number of aromatic nitrogens is 12. The lowest BCUT2D eigenvalue weighted by molar-refractivity contribution is 0.121. The highest BCUT2D eigenvalue weighted by molar-refractivity contribution is 9.09. The minimum absolute atomic E-state index is 0. The van der Waals surface area contributed by atoms with E-state index in [0.29, 0.717) is 50.4 Å². The van der Waals surface area contributed by atoms with Gasteiger partial charge in [-0.2, -0.15) is 9.97 Å². The quantitative estimate of drug-likeness (QED) is 0.158. The first-order chi connectivity index (χ1) is 31.9. The minimum Gasteiger partial charge on any atom is -0.384 e. The third-order valence-electron chi connectivity index (χ3n) is 11.8. The van der Waals surface area contributed by atoms with Crippen molar-refractivity contribution in [2.75, 3.05) is 139 Å². The zero-order valence-corrected chi connectivity index (χ0v) is 39.9. The van der Waals surface area contributed by atoms with Gasteiger partial charge in [-0.15, -0.1) is 12.4 Å². The number of nitrogen functional groups attached to an aromatic ring is 2. The monoisotopic (exact) mass is 994 g/mol. The lowest BCUT2D eigenvalue weighted by atomic mass is 10.0. The molecular formula is C42H60BrClN18O4. The van der Waals surface area contributed by atoms with Gasteiger partial charge >= 0.3 is 0 Å². The van der Waals surface area contributed by atoms with E-state index in [1.807, 2.05) is 12.7 Å². The summed E-state index contributed by atoms with van der Waals surface area (Å²) in [4.78, 5) is 52.3. The van der Waals surface area contributed by atoms with Crippen molar-refractivity contribution in [2.24, 2.45) is 0 Å². The Morgan fingerprint density at radius 3 is 1.47 bits per heavy atom. The Hall–Kier alpha value is -5.01. The average Bonchev–Trinajstić information content (AvgIpc) is 4.00. The van der Waals surface area contributed by atoms with Gasteiger partial charge in [-0.3, -0.25) is 0 Å². The normalized spacial score (nSPS) is 17.5. The highest BCUT2D eigenvalue weighted by atomic mass is 79.9. The van der Waals surface area contributed by atoms with Crippen molar-refractivity contribution in [1.82, 2.24) is 69.2 Å². The fraction of sp³-hybridized carbons (Fsp3) is 0.571. The van der Waals surface area contributed by atoms with Crippen LogP contribution in [0.1, 0.15) is 37.8 Å². The summed E-state index contributed by atoms with van der Waals surface area (Å²) in [6, 6.07) is 0.732. The van der Waals surface area contributed by atoms with Gasteiger partial charge in [-0.25, -0.2) is 39.9 Å². The number of piperidine rings is 2. The lowest BCUT2D eigenvalue weighted by Crippen LogP contribution is -2.37. The number of rotatable bonds is 11. The van der Waals surface area contributed by atoms with Crippen LogP contribution in [0.25, 0.3) is 44.8 Å². The number of likely N-dealkylation sites (tertiary alicyclic amines) is 1. The van der Waals surface area contributed by atoms with Crippen LogP contribution in [-0.4, -0.2) is 182 Å². The highest BCUT2D eigenvalue weighted by Crippen LogP contribution is 2.33. The number of imidazole rings is 2. The van der Waals surface area contributed by atoms with E-state index >= 15 is 0 Å². The summed E-state index contributed by atoms with van der Waals surface area (Å²) in [5.74, 6) is 1.85. The van der Waals surface area contributed by atoms with Gasteiger partial charge in [0.05, 0.1) is 52.3 Å². The van der Waals surface area contributed by atoms with E-state index in [2.05, 4.69) is 74.7 Å². The van der Waals surface area contributed by atoms with Gasteiger partial charge in [0.2, 0.25) is 23.8 Å². The largest absolute Gasteiger partial charge is 0.384 e. The first-order valence-corrected chi connectivity index (χ1v) is 23.3. The predicted molar refractivity (Wildman–Crippen MR) is 258 cm³/mol. The molecular weight excluding hydrogens is 936 g/mol. The summed E-state index contributed by atoms with van der Waals surface area (Å²) < 4.78 is 25.3. The van der Waals surface area contributed by atoms with Crippen molar-refractivity contribution in [3.63, 3.8) is 0 Å². The van der Waals surface area contributed by atoms with E-state index in [9.17, 15) is 0 Å². The molecule has 0 aliphatic carbocycles. The second kappa shape index (κ2) is 24.1. The van der Waals surface area contributed by atoms with Gasteiger partial charge < -0.3 is 59.6 Å². The van der Waals surface area contributed by atoms with Crippen molar-refractivity contribution in [1.29, 1.82) is 0 Å². The van der Waals surface area contributed by atoms with Gasteiger partial charge in [0.15, 0.2) is 11.3 Å². The van der Waals surface area contributed by atoms with Crippen LogP contribution in [0.15, 0.2) is 37.4 Å². The molecule has 0 spiro atoms. The maximum atomic E-state index is 5.70. The molecule has 0 aromatic carbocycles. The fourth-order valence-electron chi connectivity index (χ4n) is 8.28. The Labute approximate surface area is 398 Å². The summed E-state index contributed by atoms with van der Waals surface area (Å²) in [6.45, 7) is 12.4. The summed E-state index contributed by atoms with van der Waals surface area (Å²) in [5.41, 5.74) is 17.6. The van der Waals surface area contributed by atoms with E-state index < -0.39 is 0 Å². The Kier molecular flexibility index (Phi) is 17.9. The summed E-state index contributed by atoms with van der Waals surface area (Å²) in [6.07, 6.45) is 14.8. The third-order valence-corrected chi connectivity index (χ3v) is 12.2. The number of halogens is 2. The van der Waals surface area contributed by atoms with E-state index in [-0.39, 0.29) is 24.3 Å². The van der Waals surface area contributed by atoms with Crippen LogP contribution < -0.4 is 26.6 Å². The molecule has 4 aliphatic heterocycles. The third kappa shape index (κ3) is 11.9. The molecule has 4 aliphatic rings. The van der Waals surface area contributed by atoms with Crippen LogP contribution in [0.3, 0.4) is 0 Å². The van der Waals surface area contributed by atoms with Gasteiger partial charge in [-0.05, 0) is 38.8 Å². The molecule has 10 rings (SSSR count). The molecule has 0 amide bonds. The number of nitrogens with one attached hydrogen (secondary N) is 1. The predicted octanol–water partition coefficient (Wildman–Crippen LogP) is 3.06. The number of fused-ring (bicyclic) bond motifs is 2. The number of hydrogen-bond donors (Lipinski definition) is 3. The molecule has 0 atom stereocenters. The van der Waals surface area contributed by atoms with Crippen molar-refractivity contribution in [2.45, 2.75) is 37.8 Å². The van der Waals surface area contributed by atoms with Gasteiger partial charge in [0, 0.05) is 113 Å². The second-order valence-corrected chi connectivity index (χ2v) is 16.8. The molecule has 0 saturated carbocycles. The van der Waals surface area contributed by atoms with E-state index in [1.165, 1.54) is 0 Å². The molecule has 22 nitrogen and oxygen atoms in total. The number of morpholine rings is 2. The van der Waals surface area contributed by atoms with Crippen molar-refractivity contribution < 1.29 is 18.9 Å². The number of anilines is 4. The molecule has 6 aromatic rings. The second-order valence-electron chi connectivity index (χ2n) is 16.0. The molecule has 0 unspecified atom stereocenters. The van der Waals surface area contributed by atoms with Crippen LogP contribution in [-0.2, 0) is 18.9 Å². The molecule has 0 radical (unpaired) electrons. The maximum absolute atomic E-state index is 5.70. The zero-order chi connectivity index (χ0) is 45.0. The van der Waals surface area contributed by atoms with Gasteiger partial charge in [0.1, 0.15) is 22.4 Å². The number of nitrogens with zero attached hydrogens (tertiary/aromatic N) is 15. The van der Waals surface area contributed by atoms with Crippen LogP contribution in [0, 0.1) is 0 Å². The number of hydrogen-bond acceptors (Lipinski definition) is 20. The first kappa shape index (κ1) is 48.9. The van der Waals surface area contributed by atoms with Crippen LogP contribution in [0.2, 0.25) is 0 Å². The fourth-order valence-corrected chi connectivity index (χ4v) is 8.60. The van der Waals surface area contributed by atoms with Crippen molar-refractivity contribution in [3.8, 4) is 22.5 Å². The minimum atomic E-state index is 0. The highest BCUT2D eigenvalue weighted by Gasteiger charge is 2.27. The van der Waals surface area contributed by atoms with E-state index in [0.717, 1.165) is 148 Å². The SMILES string of the molecule is COCCBr.COCCN1CCC(n2cnc3c(-c4cnc(N)nc4)nc(N4CCOCC4)nc32)CC1.Cl.Nc1ncc(-c2nc(N3CCOCC3)nc3c2ncn3C2CCNCC2)cn1. The summed E-state index contributed by atoms with van der Waals surface area (Å²) in [5, 5.41) is 4.35.